The van der Waals surface area contributed by atoms with Crippen molar-refractivity contribution in [3.63, 3.8) is 0 Å². The van der Waals surface area contributed by atoms with Crippen molar-refractivity contribution in [1.29, 1.82) is 0 Å². The van der Waals surface area contributed by atoms with Crippen LogP contribution in [0.1, 0.15) is 13.8 Å². The molecule has 0 unspecified atom stereocenters. The minimum Gasteiger partial charge on any atom is -0.378 e. The molecule has 2 aromatic carbocycles. The molecule has 5 rings (SSSR count). The van der Waals surface area contributed by atoms with Gasteiger partial charge in [0.2, 0.25) is 0 Å². The summed E-state index contributed by atoms with van der Waals surface area (Å²) in [5.41, 5.74) is 13.3. The molecule has 3 heterocycles. The number of nitrogens with zero attached hydrogens (tertiary/aromatic N) is 3. The maximum absolute atomic E-state index is 13.6. The van der Waals surface area contributed by atoms with E-state index in [2.05, 4.69) is 41.3 Å². The van der Waals surface area contributed by atoms with Crippen molar-refractivity contribution in [3.8, 4) is 11.4 Å². The summed E-state index contributed by atoms with van der Waals surface area (Å²) < 4.78 is 7.02. The van der Waals surface area contributed by atoms with Gasteiger partial charge in [0.25, 0.3) is 5.56 Å². The second-order valence-electron chi connectivity index (χ2n) is 9.06. The predicted molar refractivity (Wildman–Crippen MR) is 138 cm³/mol. The third-order valence-electron chi connectivity index (χ3n) is 6.40. The largest absolute Gasteiger partial charge is 0.378 e. The summed E-state index contributed by atoms with van der Waals surface area (Å²) in [4.78, 5) is 24.0. The van der Waals surface area contributed by atoms with Crippen molar-refractivity contribution in [2.75, 3.05) is 43.2 Å². The zero-order valence-electron chi connectivity index (χ0n) is 19.3. The van der Waals surface area contributed by atoms with E-state index in [0.29, 0.717) is 23.0 Å². The number of aromatic amines is 1. The van der Waals surface area contributed by atoms with E-state index in [4.69, 9.17) is 27.1 Å². The van der Waals surface area contributed by atoms with E-state index in [9.17, 15) is 4.79 Å². The van der Waals surface area contributed by atoms with Gasteiger partial charge in [-0.2, -0.15) is 0 Å². The molecular formula is C25H29ClN6O2. The van der Waals surface area contributed by atoms with Gasteiger partial charge in [0.15, 0.2) is 0 Å². The van der Waals surface area contributed by atoms with Crippen LogP contribution in [0.15, 0.2) is 47.3 Å². The average molecular weight is 481 g/mol. The smallest absolute Gasteiger partial charge is 0.280 e. The molecule has 1 saturated heterocycles. The third-order valence-corrected chi connectivity index (χ3v) is 6.64. The molecule has 0 spiro atoms. The number of anilines is 1. The number of imidazole rings is 1. The monoisotopic (exact) mass is 480 g/mol. The van der Waals surface area contributed by atoms with Gasteiger partial charge in [-0.3, -0.25) is 4.79 Å². The SMILES string of the molecule is CC(C)[C@H](N)CNn1c(=O)c(-c2nc3ccc(N4CCOCC4)cc3[nH]2)cc2cc(Cl)ccc21. The minimum atomic E-state index is -0.196. The van der Waals surface area contributed by atoms with Crippen molar-refractivity contribution in [2.45, 2.75) is 19.9 Å². The third kappa shape index (κ3) is 4.36. The van der Waals surface area contributed by atoms with E-state index in [1.807, 2.05) is 24.3 Å². The number of rotatable bonds is 6. The molecule has 0 saturated carbocycles. The summed E-state index contributed by atoms with van der Waals surface area (Å²) in [6.07, 6.45) is 0. The van der Waals surface area contributed by atoms with Crippen molar-refractivity contribution in [1.82, 2.24) is 14.6 Å². The number of fused-ring (bicyclic) bond motifs is 2. The number of benzene rings is 2. The molecule has 178 valence electrons. The molecule has 34 heavy (non-hydrogen) atoms. The number of hydrogen-bond acceptors (Lipinski definition) is 6. The number of aromatic nitrogens is 3. The highest BCUT2D eigenvalue weighted by molar-refractivity contribution is 6.31. The maximum Gasteiger partial charge on any atom is 0.280 e. The summed E-state index contributed by atoms with van der Waals surface area (Å²) in [5.74, 6) is 0.799. The maximum atomic E-state index is 13.6. The van der Waals surface area contributed by atoms with Gasteiger partial charge < -0.3 is 25.8 Å². The van der Waals surface area contributed by atoms with E-state index >= 15 is 0 Å². The molecule has 9 heteroatoms. The molecule has 4 N–H and O–H groups in total. The molecule has 1 aliphatic rings. The standard InChI is InChI=1S/C25H29ClN6O2/c1-15(2)20(27)14-28-32-23-6-3-17(26)11-16(23)12-19(25(32)33)24-29-21-5-4-18(13-22(21)30-24)31-7-9-34-10-8-31/h3-6,11-13,15,20,28H,7-10,14,27H2,1-2H3,(H,29,30)/t20-/m1/s1. The average Bonchev–Trinajstić information content (AvgIpc) is 3.26. The lowest BCUT2D eigenvalue weighted by molar-refractivity contribution is 0.122. The number of ether oxygens (including phenoxy) is 1. The molecule has 1 fully saturated rings. The van der Waals surface area contributed by atoms with Gasteiger partial charge in [-0.1, -0.05) is 25.4 Å². The second-order valence-corrected chi connectivity index (χ2v) is 9.49. The van der Waals surface area contributed by atoms with Gasteiger partial charge in [0.1, 0.15) is 5.82 Å². The van der Waals surface area contributed by atoms with Crippen LogP contribution < -0.4 is 21.6 Å². The minimum absolute atomic E-state index is 0.0947. The lowest BCUT2D eigenvalue weighted by atomic mass is 10.1. The Hall–Kier alpha value is -3.07. The molecule has 8 nitrogen and oxygen atoms in total. The van der Waals surface area contributed by atoms with Crippen LogP contribution >= 0.6 is 11.6 Å². The normalized spacial score (nSPS) is 15.4. The van der Waals surface area contributed by atoms with Crippen molar-refractivity contribution >= 4 is 39.2 Å². The Labute approximate surface area is 202 Å². The Morgan fingerprint density at radius 3 is 2.74 bits per heavy atom. The molecule has 1 atom stereocenters. The summed E-state index contributed by atoms with van der Waals surface area (Å²) in [5, 5.41) is 1.43. The zero-order valence-corrected chi connectivity index (χ0v) is 20.1. The summed E-state index contributed by atoms with van der Waals surface area (Å²) >= 11 is 6.27. The highest BCUT2D eigenvalue weighted by Gasteiger charge is 2.17. The number of morpholine rings is 1. The summed E-state index contributed by atoms with van der Waals surface area (Å²) in [6, 6.07) is 13.3. The predicted octanol–water partition coefficient (Wildman–Crippen LogP) is 3.56. The van der Waals surface area contributed by atoms with Gasteiger partial charge in [-0.05, 0) is 48.4 Å². The van der Waals surface area contributed by atoms with Crippen LogP contribution in [-0.2, 0) is 4.74 Å². The molecule has 0 bridgehead atoms. The van der Waals surface area contributed by atoms with E-state index in [-0.39, 0.29) is 17.5 Å². The van der Waals surface area contributed by atoms with E-state index in [1.165, 1.54) is 0 Å². The number of halogens is 1. The molecular weight excluding hydrogens is 452 g/mol. The van der Waals surface area contributed by atoms with Crippen LogP contribution in [0.4, 0.5) is 5.69 Å². The lowest BCUT2D eigenvalue weighted by Crippen LogP contribution is -2.40. The first-order chi connectivity index (χ1) is 16.4. The molecule has 0 aliphatic carbocycles. The quantitative estimate of drug-likeness (QED) is 0.390. The van der Waals surface area contributed by atoms with Crippen LogP contribution in [0.2, 0.25) is 5.02 Å². The molecule has 2 aromatic heterocycles. The Bertz CT molecular complexity index is 1390. The number of nitrogens with one attached hydrogen (secondary N) is 2. The summed E-state index contributed by atoms with van der Waals surface area (Å²) in [6.45, 7) is 7.73. The molecule has 0 radical (unpaired) electrons. The first-order valence-electron chi connectivity index (χ1n) is 11.6. The highest BCUT2D eigenvalue weighted by Crippen LogP contribution is 2.26. The number of pyridine rings is 1. The van der Waals surface area contributed by atoms with Crippen molar-refractivity contribution < 1.29 is 4.74 Å². The van der Waals surface area contributed by atoms with Gasteiger partial charge in [0.05, 0.1) is 35.3 Å². The molecule has 4 aromatic rings. The van der Waals surface area contributed by atoms with Crippen LogP contribution in [0.5, 0.6) is 0 Å². The Balaban J connectivity index is 1.58. The van der Waals surface area contributed by atoms with Crippen LogP contribution in [0, 0.1) is 5.92 Å². The first-order valence-corrected chi connectivity index (χ1v) is 12.0. The van der Waals surface area contributed by atoms with E-state index in [1.54, 1.807) is 10.7 Å². The fourth-order valence-electron chi connectivity index (χ4n) is 4.19. The molecule has 1 aliphatic heterocycles. The Morgan fingerprint density at radius 2 is 1.97 bits per heavy atom. The van der Waals surface area contributed by atoms with Gasteiger partial charge in [0, 0.05) is 41.8 Å². The summed E-state index contributed by atoms with van der Waals surface area (Å²) in [7, 11) is 0. The van der Waals surface area contributed by atoms with Crippen LogP contribution in [-0.4, -0.2) is 53.5 Å². The fourth-order valence-corrected chi connectivity index (χ4v) is 4.37. The van der Waals surface area contributed by atoms with Gasteiger partial charge in [-0.15, -0.1) is 0 Å². The number of hydrogen-bond donors (Lipinski definition) is 3. The highest BCUT2D eigenvalue weighted by atomic mass is 35.5. The van der Waals surface area contributed by atoms with Gasteiger partial charge in [-0.25, -0.2) is 9.66 Å². The lowest BCUT2D eigenvalue weighted by Gasteiger charge is -2.28. The second kappa shape index (κ2) is 9.29. The number of H-pyrrole nitrogens is 1. The van der Waals surface area contributed by atoms with Crippen molar-refractivity contribution in [2.24, 2.45) is 11.7 Å². The first kappa shape index (κ1) is 22.7. The van der Waals surface area contributed by atoms with Crippen molar-refractivity contribution in [3.05, 3.63) is 57.8 Å². The fraction of sp³-hybridized carbons (Fsp3) is 0.360. The van der Waals surface area contributed by atoms with Crippen LogP contribution in [0.25, 0.3) is 33.3 Å². The van der Waals surface area contributed by atoms with E-state index < -0.39 is 0 Å². The Morgan fingerprint density at radius 1 is 1.18 bits per heavy atom. The topological polar surface area (TPSA) is 101 Å². The number of nitrogens with two attached hydrogens (primary N) is 1. The van der Waals surface area contributed by atoms with Crippen LogP contribution in [0.3, 0.4) is 0 Å². The zero-order chi connectivity index (χ0) is 23.8. The molecule has 0 amide bonds. The van der Waals surface area contributed by atoms with Gasteiger partial charge >= 0.3 is 0 Å². The van der Waals surface area contributed by atoms with E-state index in [0.717, 1.165) is 53.9 Å². The Kier molecular flexibility index (Phi) is 6.20.